The van der Waals surface area contributed by atoms with Gasteiger partial charge in [0.15, 0.2) is 5.96 Å². The Morgan fingerprint density at radius 3 is 2.62 bits per heavy atom. The van der Waals surface area contributed by atoms with Crippen LogP contribution in [0.25, 0.3) is 0 Å². The molecule has 0 radical (unpaired) electrons. The summed E-state index contributed by atoms with van der Waals surface area (Å²) in [5.74, 6) is 1.89. The van der Waals surface area contributed by atoms with E-state index >= 15 is 0 Å². The lowest BCUT2D eigenvalue weighted by Gasteiger charge is -2.34. The molecule has 2 aromatic heterocycles. The molecule has 7 heteroatoms. The first-order valence-electron chi connectivity index (χ1n) is 9.19. The molecule has 7 nitrogen and oxygen atoms in total. The lowest BCUT2D eigenvalue weighted by Crippen LogP contribution is -2.45. The van der Waals surface area contributed by atoms with E-state index in [1.165, 1.54) is 5.56 Å². The van der Waals surface area contributed by atoms with E-state index in [4.69, 9.17) is 0 Å². The summed E-state index contributed by atoms with van der Waals surface area (Å²) in [5.41, 5.74) is 1.20. The molecule has 2 N–H and O–H groups in total. The number of aliphatic imine (C=N–C) groups is 1. The maximum atomic E-state index is 4.63. The molecule has 3 heterocycles. The molecule has 1 aliphatic rings. The Bertz CT molecular complexity index is 688. The van der Waals surface area contributed by atoms with Gasteiger partial charge in [-0.2, -0.15) is 0 Å². The van der Waals surface area contributed by atoms with E-state index < -0.39 is 0 Å². The Labute approximate surface area is 155 Å². The first-order chi connectivity index (χ1) is 12.8. The van der Waals surface area contributed by atoms with Crippen LogP contribution in [0.4, 0.5) is 5.82 Å². The number of nitrogens with one attached hydrogen (secondary N) is 2. The van der Waals surface area contributed by atoms with Gasteiger partial charge in [-0.3, -0.25) is 4.99 Å². The molecule has 0 saturated carbocycles. The van der Waals surface area contributed by atoms with E-state index in [2.05, 4.69) is 60.5 Å². The lowest BCUT2D eigenvalue weighted by molar-refractivity contribution is 0.312. The molecule has 0 amide bonds. The van der Waals surface area contributed by atoms with Crippen molar-refractivity contribution in [3.05, 3.63) is 48.4 Å². The van der Waals surface area contributed by atoms with Gasteiger partial charge in [0, 0.05) is 77.0 Å². The molecule has 0 spiro atoms. The molecule has 0 atom stereocenters. The number of hydrogen-bond donors (Lipinski definition) is 2. The first-order valence-corrected chi connectivity index (χ1v) is 9.19. The van der Waals surface area contributed by atoms with Gasteiger partial charge in [0.2, 0.25) is 0 Å². The highest BCUT2D eigenvalue weighted by Gasteiger charge is 2.17. The number of pyridine rings is 1. The van der Waals surface area contributed by atoms with Gasteiger partial charge in [-0.05, 0) is 25.2 Å². The van der Waals surface area contributed by atoms with Crippen molar-refractivity contribution in [2.24, 2.45) is 4.99 Å². The van der Waals surface area contributed by atoms with Crippen LogP contribution in [0.1, 0.15) is 5.56 Å². The van der Waals surface area contributed by atoms with E-state index in [1.54, 1.807) is 7.05 Å². The zero-order chi connectivity index (χ0) is 18.2. The molecule has 140 valence electrons. The van der Waals surface area contributed by atoms with Gasteiger partial charge in [0.05, 0.1) is 0 Å². The number of aromatic nitrogens is 2. The first kappa shape index (κ1) is 18.3. The number of nitrogens with zero attached hydrogens (tertiary/aromatic N) is 5. The molecule has 1 aliphatic heterocycles. The Morgan fingerprint density at radius 2 is 1.88 bits per heavy atom. The molecular weight excluding hydrogens is 326 g/mol. The van der Waals surface area contributed by atoms with Gasteiger partial charge in [-0.1, -0.05) is 6.07 Å². The van der Waals surface area contributed by atoms with Crippen molar-refractivity contribution in [1.29, 1.82) is 0 Å². The SMILES string of the molecule is CN=C(NCCn1cccc1)NCc1cccnc1N1CCN(C)CC1. The predicted octanol–water partition coefficient (Wildman–Crippen LogP) is 1.00. The Kier molecular flexibility index (Phi) is 6.49. The molecule has 0 aromatic carbocycles. The largest absolute Gasteiger partial charge is 0.355 e. The van der Waals surface area contributed by atoms with Crippen LogP contribution in [0, 0.1) is 0 Å². The molecule has 0 bridgehead atoms. The monoisotopic (exact) mass is 355 g/mol. The number of hydrogen-bond acceptors (Lipinski definition) is 4. The summed E-state index contributed by atoms with van der Waals surface area (Å²) in [7, 11) is 3.97. The van der Waals surface area contributed by atoms with Crippen LogP contribution in [0.15, 0.2) is 47.8 Å². The number of piperazine rings is 1. The van der Waals surface area contributed by atoms with Gasteiger partial charge in [0.1, 0.15) is 5.82 Å². The zero-order valence-electron chi connectivity index (χ0n) is 15.7. The summed E-state index contributed by atoms with van der Waals surface area (Å²) < 4.78 is 2.15. The highest BCUT2D eigenvalue weighted by Crippen LogP contribution is 2.18. The summed E-state index contributed by atoms with van der Waals surface area (Å²) in [6.45, 7) is 6.63. The second-order valence-corrected chi connectivity index (χ2v) is 6.55. The van der Waals surface area contributed by atoms with Gasteiger partial charge >= 0.3 is 0 Å². The fraction of sp³-hybridized carbons (Fsp3) is 0.474. The van der Waals surface area contributed by atoms with Gasteiger partial charge < -0.3 is 25.0 Å². The lowest BCUT2D eigenvalue weighted by atomic mass is 10.2. The topological polar surface area (TPSA) is 60.7 Å². The van der Waals surface area contributed by atoms with Crippen molar-refractivity contribution < 1.29 is 0 Å². The normalized spacial score (nSPS) is 15.9. The van der Waals surface area contributed by atoms with Crippen molar-refractivity contribution in [3.63, 3.8) is 0 Å². The summed E-state index contributed by atoms with van der Waals surface area (Å²) in [6, 6.07) is 8.21. The number of anilines is 1. The third-order valence-corrected chi connectivity index (χ3v) is 4.67. The minimum atomic E-state index is 0.707. The van der Waals surface area contributed by atoms with Crippen molar-refractivity contribution >= 4 is 11.8 Å². The van der Waals surface area contributed by atoms with Crippen LogP contribution in [0.5, 0.6) is 0 Å². The number of likely N-dealkylation sites (N-methyl/N-ethyl adjacent to an activating group) is 1. The molecular formula is C19H29N7. The average molecular weight is 355 g/mol. The van der Waals surface area contributed by atoms with Crippen LogP contribution in [0.2, 0.25) is 0 Å². The third-order valence-electron chi connectivity index (χ3n) is 4.67. The summed E-state index contributed by atoms with van der Waals surface area (Å²) in [6.07, 6.45) is 6.01. The van der Waals surface area contributed by atoms with E-state index in [0.29, 0.717) is 6.54 Å². The maximum absolute atomic E-state index is 4.63. The second-order valence-electron chi connectivity index (χ2n) is 6.55. The third kappa shape index (κ3) is 4.98. The van der Waals surface area contributed by atoms with Crippen LogP contribution >= 0.6 is 0 Å². The standard InChI is InChI=1S/C19H29N7/c1-20-19(22-8-11-25-9-3-4-10-25)23-16-17-6-5-7-21-18(17)26-14-12-24(2)13-15-26/h3-7,9-10H,8,11-16H2,1-2H3,(H2,20,22,23). The highest BCUT2D eigenvalue weighted by atomic mass is 15.3. The molecule has 26 heavy (non-hydrogen) atoms. The fourth-order valence-corrected chi connectivity index (χ4v) is 3.09. The molecule has 3 rings (SSSR count). The molecule has 2 aromatic rings. The van der Waals surface area contributed by atoms with Gasteiger partial charge in [0.25, 0.3) is 0 Å². The Morgan fingerprint density at radius 1 is 1.12 bits per heavy atom. The van der Waals surface area contributed by atoms with Crippen molar-refractivity contribution in [1.82, 2.24) is 25.1 Å². The molecule has 1 fully saturated rings. The minimum Gasteiger partial charge on any atom is -0.355 e. The maximum Gasteiger partial charge on any atom is 0.191 e. The quantitative estimate of drug-likeness (QED) is 0.598. The second kappa shape index (κ2) is 9.24. The number of rotatable bonds is 6. The number of guanidine groups is 1. The summed E-state index contributed by atoms with van der Waals surface area (Å²) in [5, 5.41) is 6.77. The van der Waals surface area contributed by atoms with Crippen molar-refractivity contribution in [2.75, 3.05) is 51.7 Å². The fourth-order valence-electron chi connectivity index (χ4n) is 3.09. The van der Waals surface area contributed by atoms with Crippen LogP contribution in [0.3, 0.4) is 0 Å². The molecule has 0 aliphatic carbocycles. The van der Waals surface area contributed by atoms with Crippen LogP contribution in [-0.4, -0.2) is 67.2 Å². The minimum absolute atomic E-state index is 0.707. The zero-order valence-corrected chi connectivity index (χ0v) is 15.7. The van der Waals surface area contributed by atoms with Crippen LogP contribution in [-0.2, 0) is 13.1 Å². The van der Waals surface area contributed by atoms with E-state index in [1.807, 2.05) is 24.4 Å². The highest BCUT2D eigenvalue weighted by molar-refractivity contribution is 5.79. The van der Waals surface area contributed by atoms with E-state index in [0.717, 1.165) is 51.0 Å². The Hall–Kier alpha value is -2.54. The van der Waals surface area contributed by atoms with Crippen LogP contribution < -0.4 is 15.5 Å². The Balaban J connectivity index is 1.53. The van der Waals surface area contributed by atoms with Gasteiger partial charge in [-0.25, -0.2) is 4.98 Å². The predicted molar refractivity (Wildman–Crippen MR) is 107 cm³/mol. The van der Waals surface area contributed by atoms with E-state index in [-0.39, 0.29) is 0 Å². The summed E-state index contributed by atoms with van der Waals surface area (Å²) >= 11 is 0. The summed E-state index contributed by atoms with van der Waals surface area (Å²) in [4.78, 5) is 13.7. The smallest absolute Gasteiger partial charge is 0.191 e. The van der Waals surface area contributed by atoms with Crippen molar-refractivity contribution in [3.8, 4) is 0 Å². The van der Waals surface area contributed by atoms with Crippen molar-refractivity contribution in [2.45, 2.75) is 13.1 Å². The van der Waals surface area contributed by atoms with Gasteiger partial charge in [-0.15, -0.1) is 0 Å². The molecule has 1 saturated heterocycles. The molecule has 0 unspecified atom stereocenters. The van der Waals surface area contributed by atoms with E-state index in [9.17, 15) is 0 Å². The average Bonchev–Trinajstić information content (AvgIpc) is 3.19.